The van der Waals surface area contributed by atoms with E-state index >= 15 is 0 Å². The molecule has 0 aromatic carbocycles. The Morgan fingerprint density at radius 3 is 3.00 bits per heavy atom. The molecule has 0 aliphatic rings. The molecule has 0 amide bonds. The summed E-state index contributed by atoms with van der Waals surface area (Å²) in [6, 6.07) is 0. The number of nitrogens with zero attached hydrogens (tertiary/aromatic N) is 1. The molecule has 0 atom stereocenters. The first kappa shape index (κ1) is 2.85. The molecule has 0 bridgehead atoms. The molecule has 0 N–H and O–H groups in total. The van der Waals surface area contributed by atoms with E-state index < -0.39 is 0 Å². The summed E-state index contributed by atoms with van der Waals surface area (Å²) in [6.07, 6.45) is 1.59. The van der Waals surface area contributed by atoms with Gasteiger partial charge in [0.05, 0.1) is 5.38 Å². The molecule has 0 aliphatic heterocycles. The largest absolute Gasteiger partial charge is 0.241 e. The summed E-state index contributed by atoms with van der Waals surface area (Å²) in [4.78, 5) is 3.56. The molecular formula is C3HNS. The Balaban J connectivity index is 3.13. The first-order chi connectivity index (χ1) is 2.50. The van der Waals surface area contributed by atoms with Crippen LogP contribution in [0.3, 0.4) is 0 Å². The van der Waals surface area contributed by atoms with Gasteiger partial charge in [0, 0.05) is 6.20 Å². The van der Waals surface area contributed by atoms with E-state index in [4.69, 9.17) is 0 Å². The maximum atomic E-state index is 3.56. The van der Waals surface area contributed by atoms with Gasteiger partial charge in [0.15, 0.2) is 5.51 Å². The number of rotatable bonds is 0. The lowest BCUT2D eigenvalue weighted by Crippen LogP contribution is -1.39. The van der Waals surface area contributed by atoms with Gasteiger partial charge in [-0.1, -0.05) is 0 Å². The average molecular weight is 83.1 g/mol. The van der Waals surface area contributed by atoms with Crippen LogP contribution < -0.4 is 0 Å². The van der Waals surface area contributed by atoms with E-state index in [-0.39, 0.29) is 0 Å². The van der Waals surface area contributed by atoms with Gasteiger partial charge >= 0.3 is 0 Å². The molecule has 0 unspecified atom stereocenters. The fourth-order valence-corrected chi connectivity index (χ4v) is 0.395. The van der Waals surface area contributed by atoms with Crippen molar-refractivity contribution in [3.05, 3.63) is 17.1 Å². The van der Waals surface area contributed by atoms with Gasteiger partial charge in [-0.2, -0.15) is 0 Å². The Labute approximate surface area is 34.3 Å². The van der Waals surface area contributed by atoms with Crippen molar-refractivity contribution in [2.75, 3.05) is 0 Å². The van der Waals surface area contributed by atoms with Gasteiger partial charge < -0.3 is 0 Å². The predicted octanol–water partition coefficient (Wildman–Crippen LogP) is 0.743. The van der Waals surface area contributed by atoms with Gasteiger partial charge in [0.1, 0.15) is 0 Å². The third kappa shape index (κ3) is 0.450. The zero-order chi connectivity index (χ0) is 3.54. The second-order valence-electron chi connectivity index (χ2n) is 0.569. The Morgan fingerprint density at radius 2 is 2.80 bits per heavy atom. The first-order valence-electron chi connectivity index (χ1n) is 1.18. The van der Waals surface area contributed by atoms with Crippen LogP contribution >= 0.6 is 11.3 Å². The number of hydrogen-bond donors (Lipinski definition) is 0. The van der Waals surface area contributed by atoms with E-state index in [2.05, 4.69) is 15.9 Å². The van der Waals surface area contributed by atoms with Gasteiger partial charge in [-0.3, -0.25) is 0 Å². The van der Waals surface area contributed by atoms with Crippen molar-refractivity contribution in [1.29, 1.82) is 0 Å². The summed E-state index contributed by atoms with van der Waals surface area (Å²) in [5.74, 6) is 0. The van der Waals surface area contributed by atoms with E-state index in [0.717, 1.165) is 0 Å². The van der Waals surface area contributed by atoms with Crippen LogP contribution in [0.4, 0.5) is 0 Å². The summed E-state index contributed by atoms with van der Waals surface area (Å²) in [5, 5.41) is 2.74. The molecule has 24 valence electrons. The minimum absolute atomic E-state index is 1.35. The summed E-state index contributed by atoms with van der Waals surface area (Å²) in [6.45, 7) is 0. The topological polar surface area (TPSA) is 12.9 Å². The minimum atomic E-state index is 1.35. The van der Waals surface area contributed by atoms with Crippen molar-refractivity contribution < 1.29 is 0 Å². The van der Waals surface area contributed by atoms with Crippen LogP contribution in [0.25, 0.3) is 0 Å². The summed E-state index contributed by atoms with van der Waals surface area (Å²) in [5.41, 5.74) is 2.60. The molecule has 0 spiro atoms. The van der Waals surface area contributed by atoms with Crippen LogP contribution in [0.2, 0.25) is 0 Å². The second kappa shape index (κ2) is 1.17. The van der Waals surface area contributed by atoms with Crippen molar-refractivity contribution in [3.8, 4) is 0 Å². The normalized spacial score (nSPS) is 8.00. The fraction of sp³-hybridized carbons (Fsp3) is 0. The monoisotopic (exact) mass is 83.0 g/mol. The SMILES string of the molecule is [c]1cn[c]s1. The van der Waals surface area contributed by atoms with Crippen LogP contribution in [0.1, 0.15) is 0 Å². The highest BCUT2D eigenvalue weighted by Crippen LogP contribution is 1.82. The maximum Gasteiger partial charge on any atom is 0.152 e. The maximum absolute atomic E-state index is 3.56. The van der Waals surface area contributed by atoms with Crippen molar-refractivity contribution in [2.45, 2.75) is 0 Å². The molecule has 0 saturated carbocycles. The Kier molecular flexibility index (Phi) is 0.667. The van der Waals surface area contributed by atoms with E-state index in [1.54, 1.807) is 6.20 Å². The Morgan fingerprint density at radius 1 is 1.80 bits per heavy atom. The fourth-order valence-electron chi connectivity index (χ4n) is 0.132. The zero-order valence-corrected chi connectivity index (χ0v) is 3.25. The van der Waals surface area contributed by atoms with Crippen molar-refractivity contribution in [2.24, 2.45) is 0 Å². The third-order valence-electron chi connectivity index (χ3n) is 0.275. The highest BCUT2D eigenvalue weighted by Gasteiger charge is 1.63. The molecule has 2 radical (unpaired) electrons. The first-order valence-corrected chi connectivity index (χ1v) is 2.00. The molecule has 0 saturated heterocycles. The molecule has 0 fully saturated rings. The molecule has 5 heavy (non-hydrogen) atoms. The standard InChI is InChI=1S/C3HNS/c1-2-5-3-4-1/h1H. The molecule has 0 aliphatic carbocycles. The van der Waals surface area contributed by atoms with E-state index in [0.29, 0.717) is 0 Å². The lowest BCUT2D eigenvalue weighted by Gasteiger charge is -1.38. The van der Waals surface area contributed by atoms with Crippen LogP contribution in [0, 0.1) is 10.9 Å². The number of aromatic nitrogens is 1. The predicted molar refractivity (Wildman–Crippen MR) is 19.8 cm³/mol. The van der Waals surface area contributed by atoms with E-state index in [1.165, 1.54) is 11.3 Å². The average Bonchev–Trinajstić information content (AvgIpc) is 1.76. The molecule has 1 aromatic heterocycles. The second-order valence-corrected chi connectivity index (χ2v) is 1.19. The van der Waals surface area contributed by atoms with Gasteiger partial charge in [-0.25, -0.2) is 4.98 Å². The molecule has 1 nitrogen and oxygen atoms in total. The van der Waals surface area contributed by atoms with E-state index in [9.17, 15) is 0 Å². The van der Waals surface area contributed by atoms with Crippen molar-refractivity contribution in [3.63, 3.8) is 0 Å². The molecule has 1 heterocycles. The summed E-state index contributed by atoms with van der Waals surface area (Å²) < 4.78 is 0. The Hall–Kier alpha value is -0.370. The van der Waals surface area contributed by atoms with Gasteiger partial charge in [-0.15, -0.1) is 11.3 Å². The smallest absolute Gasteiger partial charge is 0.152 e. The lowest BCUT2D eigenvalue weighted by molar-refractivity contribution is 1.41. The van der Waals surface area contributed by atoms with E-state index in [1.807, 2.05) is 0 Å². The van der Waals surface area contributed by atoms with Crippen molar-refractivity contribution >= 4 is 11.3 Å². The van der Waals surface area contributed by atoms with Gasteiger partial charge in [0.2, 0.25) is 0 Å². The van der Waals surface area contributed by atoms with Gasteiger partial charge in [-0.05, 0) is 0 Å². The highest BCUT2D eigenvalue weighted by molar-refractivity contribution is 7.06. The molecule has 2 heteroatoms. The lowest BCUT2D eigenvalue weighted by atomic mass is 11.0. The summed E-state index contributed by atoms with van der Waals surface area (Å²) >= 11 is 1.35. The quantitative estimate of drug-likeness (QED) is 0.451. The van der Waals surface area contributed by atoms with Gasteiger partial charge in [0.25, 0.3) is 0 Å². The van der Waals surface area contributed by atoms with Crippen LogP contribution in [-0.4, -0.2) is 4.98 Å². The molecule has 1 rings (SSSR count). The van der Waals surface area contributed by atoms with Crippen LogP contribution in [0.5, 0.6) is 0 Å². The zero-order valence-electron chi connectivity index (χ0n) is 2.43. The molecular weight excluding hydrogens is 82.1 g/mol. The minimum Gasteiger partial charge on any atom is -0.241 e. The number of hydrogen-bond acceptors (Lipinski definition) is 2. The van der Waals surface area contributed by atoms with Crippen LogP contribution in [0.15, 0.2) is 6.20 Å². The Bertz CT molecular complexity index is 63.4. The molecule has 1 aromatic rings. The number of thiazole rings is 1. The third-order valence-corrected chi connectivity index (χ3v) is 0.694. The summed E-state index contributed by atoms with van der Waals surface area (Å²) in [7, 11) is 0. The van der Waals surface area contributed by atoms with Crippen LogP contribution in [-0.2, 0) is 0 Å². The highest BCUT2D eigenvalue weighted by atomic mass is 32.1. The van der Waals surface area contributed by atoms with Crippen molar-refractivity contribution in [1.82, 2.24) is 4.98 Å².